The molecule has 0 aromatic rings. The van der Waals surface area contributed by atoms with E-state index in [1.807, 2.05) is 0 Å². The zero-order valence-electron chi connectivity index (χ0n) is 13.4. The Balaban J connectivity index is 1.38. The lowest BCUT2D eigenvalue weighted by Gasteiger charge is -2.30. The van der Waals surface area contributed by atoms with Gasteiger partial charge in [-0.05, 0) is 50.5 Å². The van der Waals surface area contributed by atoms with Gasteiger partial charge in [-0.2, -0.15) is 0 Å². The third-order valence-corrected chi connectivity index (χ3v) is 4.26. The van der Waals surface area contributed by atoms with Crippen molar-refractivity contribution in [3.8, 4) is 0 Å². The average Bonchev–Trinajstić information content (AvgIpc) is 3.27. The van der Waals surface area contributed by atoms with Crippen molar-refractivity contribution in [1.82, 2.24) is 15.5 Å². The normalized spacial score (nSPS) is 23.0. The maximum atomic E-state index is 11.6. The number of piperidine rings is 1. The molecule has 2 N–H and O–H groups in total. The number of ether oxygens (including phenoxy) is 1. The van der Waals surface area contributed by atoms with Crippen molar-refractivity contribution in [1.29, 1.82) is 0 Å². The van der Waals surface area contributed by atoms with Crippen LogP contribution in [-0.2, 0) is 4.74 Å². The molecule has 1 aliphatic heterocycles. The molecule has 2 fully saturated rings. The fourth-order valence-electron chi connectivity index (χ4n) is 2.79. The highest BCUT2D eigenvalue weighted by atomic mass is 16.5. The fraction of sp³-hybridized carbons (Fsp3) is 0.938. The van der Waals surface area contributed by atoms with Gasteiger partial charge in [-0.3, -0.25) is 0 Å². The number of hydrogen-bond acceptors (Lipinski definition) is 3. The van der Waals surface area contributed by atoms with Gasteiger partial charge in [0.15, 0.2) is 0 Å². The maximum absolute atomic E-state index is 11.6. The summed E-state index contributed by atoms with van der Waals surface area (Å²) < 4.78 is 5.53. The van der Waals surface area contributed by atoms with Crippen LogP contribution in [0.15, 0.2) is 0 Å². The number of likely N-dealkylation sites (tertiary alicyclic amines) is 1. The van der Waals surface area contributed by atoms with Crippen LogP contribution < -0.4 is 10.6 Å². The SMILES string of the molecule is CC1CCCN(CCNC(=O)NCCCOCC2CC2)C1. The second-order valence-electron chi connectivity index (χ2n) is 6.60. The number of rotatable bonds is 9. The second-order valence-corrected chi connectivity index (χ2v) is 6.60. The standard InChI is InChI=1S/C16H31N3O2/c1-14-4-2-9-19(12-14)10-8-18-16(20)17-7-3-11-21-13-15-5-6-15/h14-15H,2-13H2,1H3,(H2,17,18,20). The van der Waals surface area contributed by atoms with Crippen LogP contribution in [0.25, 0.3) is 0 Å². The smallest absolute Gasteiger partial charge is 0.314 e. The summed E-state index contributed by atoms with van der Waals surface area (Å²) in [5.41, 5.74) is 0. The Labute approximate surface area is 128 Å². The monoisotopic (exact) mass is 297 g/mol. The van der Waals surface area contributed by atoms with Crippen LogP contribution in [0, 0.1) is 11.8 Å². The van der Waals surface area contributed by atoms with Gasteiger partial charge >= 0.3 is 6.03 Å². The first-order chi connectivity index (χ1) is 10.2. The van der Waals surface area contributed by atoms with Crippen molar-refractivity contribution in [2.75, 3.05) is 45.9 Å². The van der Waals surface area contributed by atoms with Crippen molar-refractivity contribution in [3.05, 3.63) is 0 Å². The molecule has 1 unspecified atom stereocenters. The molecular weight excluding hydrogens is 266 g/mol. The fourth-order valence-corrected chi connectivity index (χ4v) is 2.79. The Morgan fingerprint density at radius 1 is 1.24 bits per heavy atom. The molecule has 0 spiro atoms. The van der Waals surface area contributed by atoms with Gasteiger partial charge in [0.2, 0.25) is 0 Å². The lowest BCUT2D eigenvalue weighted by atomic mass is 10.0. The molecule has 2 amide bonds. The minimum Gasteiger partial charge on any atom is -0.381 e. The highest BCUT2D eigenvalue weighted by Gasteiger charge is 2.20. The van der Waals surface area contributed by atoms with Crippen LogP contribution in [0.1, 0.15) is 39.0 Å². The molecule has 0 bridgehead atoms. The first kappa shape index (κ1) is 16.6. The Morgan fingerprint density at radius 2 is 2.05 bits per heavy atom. The van der Waals surface area contributed by atoms with Gasteiger partial charge < -0.3 is 20.3 Å². The van der Waals surface area contributed by atoms with Crippen LogP contribution in [0.4, 0.5) is 4.79 Å². The van der Waals surface area contributed by atoms with Gasteiger partial charge in [0.05, 0.1) is 0 Å². The number of hydrogen-bond donors (Lipinski definition) is 2. The first-order valence-corrected chi connectivity index (χ1v) is 8.56. The Kier molecular flexibility index (Phi) is 7.30. The molecule has 1 saturated carbocycles. The molecular formula is C16H31N3O2. The van der Waals surface area contributed by atoms with Crippen molar-refractivity contribution >= 4 is 6.03 Å². The van der Waals surface area contributed by atoms with E-state index in [1.165, 1.54) is 38.8 Å². The zero-order valence-corrected chi connectivity index (χ0v) is 13.4. The highest BCUT2D eigenvalue weighted by Crippen LogP contribution is 2.28. The summed E-state index contributed by atoms with van der Waals surface area (Å²) in [6.45, 7) is 8.68. The second kappa shape index (κ2) is 9.26. The molecule has 1 aliphatic carbocycles. The summed E-state index contributed by atoms with van der Waals surface area (Å²) in [6.07, 6.45) is 6.18. The van der Waals surface area contributed by atoms with E-state index >= 15 is 0 Å². The lowest BCUT2D eigenvalue weighted by Crippen LogP contribution is -2.43. The van der Waals surface area contributed by atoms with E-state index < -0.39 is 0 Å². The number of nitrogens with one attached hydrogen (secondary N) is 2. The maximum Gasteiger partial charge on any atom is 0.314 e. The Morgan fingerprint density at radius 3 is 2.81 bits per heavy atom. The number of nitrogens with zero attached hydrogens (tertiary/aromatic N) is 1. The molecule has 21 heavy (non-hydrogen) atoms. The number of carbonyl (C=O) groups excluding carboxylic acids is 1. The first-order valence-electron chi connectivity index (χ1n) is 8.56. The van der Waals surface area contributed by atoms with E-state index in [4.69, 9.17) is 4.74 Å². The van der Waals surface area contributed by atoms with E-state index in [9.17, 15) is 4.79 Å². The molecule has 5 nitrogen and oxygen atoms in total. The van der Waals surface area contributed by atoms with E-state index in [0.29, 0.717) is 6.54 Å². The molecule has 2 rings (SSSR count). The van der Waals surface area contributed by atoms with Crippen LogP contribution in [-0.4, -0.2) is 56.9 Å². The topological polar surface area (TPSA) is 53.6 Å². The largest absolute Gasteiger partial charge is 0.381 e. The molecule has 2 aliphatic rings. The third kappa shape index (κ3) is 7.67. The molecule has 0 aromatic carbocycles. The number of amides is 2. The summed E-state index contributed by atoms with van der Waals surface area (Å²) in [6, 6.07) is -0.0535. The number of urea groups is 1. The van der Waals surface area contributed by atoms with Crippen molar-refractivity contribution in [2.24, 2.45) is 11.8 Å². The Hall–Kier alpha value is -0.810. The van der Waals surface area contributed by atoms with E-state index in [0.717, 1.165) is 44.6 Å². The van der Waals surface area contributed by atoms with Gasteiger partial charge in [0.1, 0.15) is 0 Å². The average molecular weight is 297 g/mol. The minimum atomic E-state index is -0.0535. The van der Waals surface area contributed by atoms with Gasteiger partial charge in [0, 0.05) is 39.4 Å². The van der Waals surface area contributed by atoms with Gasteiger partial charge in [-0.25, -0.2) is 4.79 Å². The molecule has 1 heterocycles. The minimum absolute atomic E-state index is 0.0535. The predicted molar refractivity (Wildman–Crippen MR) is 84.4 cm³/mol. The summed E-state index contributed by atoms with van der Waals surface area (Å²) in [4.78, 5) is 14.1. The predicted octanol–water partition coefficient (Wildman–Crippen LogP) is 1.83. The molecule has 0 radical (unpaired) electrons. The summed E-state index contributed by atoms with van der Waals surface area (Å²) in [7, 11) is 0. The van der Waals surface area contributed by atoms with Crippen LogP contribution in [0.5, 0.6) is 0 Å². The lowest BCUT2D eigenvalue weighted by molar-refractivity contribution is 0.122. The van der Waals surface area contributed by atoms with Crippen LogP contribution in [0.2, 0.25) is 0 Å². The van der Waals surface area contributed by atoms with Crippen LogP contribution in [0.3, 0.4) is 0 Å². The molecule has 1 saturated heterocycles. The van der Waals surface area contributed by atoms with Gasteiger partial charge in [-0.1, -0.05) is 6.92 Å². The van der Waals surface area contributed by atoms with Gasteiger partial charge in [0.25, 0.3) is 0 Å². The van der Waals surface area contributed by atoms with Crippen LogP contribution >= 0.6 is 0 Å². The van der Waals surface area contributed by atoms with Gasteiger partial charge in [-0.15, -0.1) is 0 Å². The summed E-state index contributed by atoms with van der Waals surface area (Å²) in [5.74, 6) is 1.61. The van der Waals surface area contributed by atoms with Crippen molar-refractivity contribution in [2.45, 2.75) is 39.0 Å². The molecule has 1 atom stereocenters. The quantitative estimate of drug-likeness (QED) is 0.639. The number of carbonyl (C=O) groups is 1. The Bertz CT molecular complexity index is 308. The molecule has 5 heteroatoms. The van der Waals surface area contributed by atoms with Crippen molar-refractivity contribution in [3.63, 3.8) is 0 Å². The van der Waals surface area contributed by atoms with E-state index in [1.54, 1.807) is 0 Å². The highest BCUT2D eigenvalue weighted by molar-refractivity contribution is 5.73. The van der Waals surface area contributed by atoms with E-state index in [2.05, 4.69) is 22.5 Å². The zero-order chi connectivity index (χ0) is 14.9. The van der Waals surface area contributed by atoms with Crippen molar-refractivity contribution < 1.29 is 9.53 Å². The molecule has 122 valence electrons. The summed E-state index contributed by atoms with van der Waals surface area (Å²) in [5, 5.41) is 5.82. The molecule has 0 aromatic heterocycles. The van der Waals surface area contributed by atoms with E-state index in [-0.39, 0.29) is 6.03 Å². The third-order valence-electron chi connectivity index (χ3n) is 4.26. The summed E-state index contributed by atoms with van der Waals surface area (Å²) >= 11 is 0.